The van der Waals surface area contributed by atoms with Gasteiger partial charge in [0.2, 0.25) is 12.7 Å². The van der Waals surface area contributed by atoms with Crippen LogP contribution in [0.2, 0.25) is 0 Å². The molecule has 20 heavy (non-hydrogen) atoms. The van der Waals surface area contributed by atoms with E-state index in [4.69, 9.17) is 15.2 Å². The second kappa shape index (κ2) is 6.61. The maximum Gasteiger partial charge on any atom is 0.231 e. The molecule has 1 aromatic carbocycles. The molecule has 0 bridgehead atoms. The van der Waals surface area contributed by atoms with E-state index >= 15 is 0 Å². The molecule has 0 radical (unpaired) electrons. The van der Waals surface area contributed by atoms with Gasteiger partial charge in [-0.15, -0.1) is 0 Å². The highest BCUT2D eigenvalue weighted by atomic mass is 16.7. The van der Waals surface area contributed by atoms with Crippen molar-refractivity contribution in [2.24, 2.45) is 5.73 Å². The van der Waals surface area contributed by atoms with E-state index in [-0.39, 0.29) is 18.7 Å². The van der Waals surface area contributed by atoms with Gasteiger partial charge in [0.25, 0.3) is 0 Å². The summed E-state index contributed by atoms with van der Waals surface area (Å²) < 4.78 is 10.6. The summed E-state index contributed by atoms with van der Waals surface area (Å²) in [6.07, 6.45) is 1.21. The van der Waals surface area contributed by atoms with E-state index in [0.717, 1.165) is 23.5 Å². The molecule has 1 atom stereocenters. The number of ether oxygens (including phenoxy) is 2. The van der Waals surface area contributed by atoms with Gasteiger partial charge in [-0.3, -0.25) is 4.79 Å². The maximum atomic E-state index is 12.2. The molecule has 1 aliphatic heterocycles. The first-order chi connectivity index (χ1) is 9.63. The molecule has 0 saturated heterocycles. The largest absolute Gasteiger partial charge is 0.454 e. The van der Waals surface area contributed by atoms with Crippen molar-refractivity contribution in [2.45, 2.75) is 39.3 Å². The van der Waals surface area contributed by atoms with Crippen molar-refractivity contribution in [3.63, 3.8) is 0 Å². The Morgan fingerprint density at radius 1 is 1.35 bits per heavy atom. The van der Waals surface area contributed by atoms with Gasteiger partial charge in [0, 0.05) is 25.6 Å². The number of carbonyl (C=O) groups is 1. The molecule has 1 aliphatic rings. The van der Waals surface area contributed by atoms with Crippen molar-refractivity contribution in [3.05, 3.63) is 23.8 Å². The lowest BCUT2D eigenvalue weighted by atomic mass is 10.1. The fraction of sp³-hybridized carbons (Fsp3) is 0.533. The second-order valence-electron chi connectivity index (χ2n) is 4.97. The third-order valence-electron chi connectivity index (χ3n) is 3.51. The van der Waals surface area contributed by atoms with Crippen LogP contribution >= 0.6 is 0 Å². The zero-order valence-corrected chi connectivity index (χ0v) is 12.1. The van der Waals surface area contributed by atoms with E-state index in [1.54, 1.807) is 0 Å². The molecule has 0 aromatic heterocycles. The average molecular weight is 278 g/mol. The third kappa shape index (κ3) is 3.42. The second-order valence-corrected chi connectivity index (χ2v) is 4.97. The van der Waals surface area contributed by atoms with Gasteiger partial charge in [-0.05, 0) is 31.0 Å². The van der Waals surface area contributed by atoms with E-state index in [1.165, 1.54) is 0 Å². The standard InChI is InChI=1S/C15H22N2O3/c1-3-12(16)8-15(18)17(4-2)9-11-5-6-13-14(7-11)20-10-19-13/h5-7,12H,3-4,8-10,16H2,1-2H3. The average Bonchev–Trinajstić information content (AvgIpc) is 2.91. The van der Waals surface area contributed by atoms with Crippen LogP contribution in [-0.2, 0) is 11.3 Å². The number of carbonyl (C=O) groups excluding carboxylic acids is 1. The summed E-state index contributed by atoms with van der Waals surface area (Å²) in [5.41, 5.74) is 6.89. The molecule has 0 saturated carbocycles. The lowest BCUT2D eigenvalue weighted by molar-refractivity contribution is -0.132. The maximum absolute atomic E-state index is 12.2. The summed E-state index contributed by atoms with van der Waals surface area (Å²) in [4.78, 5) is 14.0. The SMILES string of the molecule is CCC(N)CC(=O)N(CC)Cc1ccc2c(c1)OCO2. The van der Waals surface area contributed by atoms with E-state index in [9.17, 15) is 4.79 Å². The van der Waals surface area contributed by atoms with Gasteiger partial charge in [0.1, 0.15) is 0 Å². The smallest absolute Gasteiger partial charge is 0.231 e. The predicted octanol–water partition coefficient (Wildman–Crippen LogP) is 1.89. The minimum atomic E-state index is -0.0618. The van der Waals surface area contributed by atoms with Gasteiger partial charge in [-0.1, -0.05) is 13.0 Å². The number of hydrogen-bond donors (Lipinski definition) is 1. The van der Waals surface area contributed by atoms with Gasteiger partial charge in [0.05, 0.1) is 0 Å². The summed E-state index contributed by atoms with van der Waals surface area (Å²) in [5.74, 6) is 1.60. The molecule has 1 amide bonds. The Bertz CT molecular complexity index is 476. The number of amides is 1. The van der Waals surface area contributed by atoms with E-state index in [0.29, 0.717) is 19.5 Å². The molecule has 0 spiro atoms. The van der Waals surface area contributed by atoms with Gasteiger partial charge in [0.15, 0.2) is 11.5 Å². The first kappa shape index (κ1) is 14.7. The molecule has 1 heterocycles. The van der Waals surface area contributed by atoms with Crippen LogP contribution in [0.4, 0.5) is 0 Å². The van der Waals surface area contributed by atoms with Crippen LogP contribution in [0.15, 0.2) is 18.2 Å². The molecule has 5 heteroatoms. The lowest BCUT2D eigenvalue weighted by Gasteiger charge is -2.22. The molecule has 2 N–H and O–H groups in total. The molecular weight excluding hydrogens is 256 g/mol. The van der Waals surface area contributed by atoms with Crippen LogP contribution in [0.1, 0.15) is 32.3 Å². The molecule has 110 valence electrons. The number of rotatable bonds is 6. The van der Waals surface area contributed by atoms with E-state index in [2.05, 4.69) is 0 Å². The molecular formula is C15H22N2O3. The Kier molecular flexibility index (Phi) is 4.84. The summed E-state index contributed by atoms with van der Waals surface area (Å²) in [6.45, 7) is 5.47. The normalized spacial score (nSPS) is 14.2. The number of hydrogen-bond acceptors (Lipinski definition) is 4. The summed E-state index contributed by atoms with van der Waals surface area (Å²) in [5, 5.41) is 0. The summed E-state index contributed by atoms with van der Waals surface area (Å²) >= 11 is 0. The number of nitrogens with two attached hydrogens (primary N) is 1. The van der Waals surface area contributed by atoms with Crippen LogP contribution in [-0.4, -0.2) is 30.2 Å². The van der Waals surface area contributed by atoms with Crippen LogP contribution in [0, 0.1) is 0 Å². The first-order valence-electron chi connectivity index (χ1n) is 7.05. The molecule has 1 aromatic rings. The fourth-order valence-electron chi connectivity index (χ4n) is 2.13. The molecule has 5 nitrogen and oxygen atoms in total. The minimum Gasteiger partial charge on any atom is -0.454 e. The number of benzene rings is 1. The predicted molar refractivity (Wildman–Crippen MR) is 76.5 cm³/mol. The minimum absolute atomic E-state index is 0.0618. The Morgan fingerprint density at radius 2 is 2.10 bits per heavy atom. The quantitative estimate of drug-likeness (QED) is 0.863. The first-order valence-corrected chi connectivity index (χ1v) is 7.05. The van der Waals surface area contributed by atoms with Crippen LogP contribution in [0.3, 0.4) is 0 Å². The van der Waals surface area contributed by atoms with Crippen molar-refractivity contribution in [3.8, 4) is 11.5 Å². The zero-order valence-electron chi connectivity index (χ0n) is 12.1. The summed E-state index contributed by atoms with van der Waals surface area (Å²) in [6, 6.07) is 5.71. The van der Waals surface area contributed by atoms with Gasteiger partial charge in [-0.25, -0.2) is 0 Å². The summed E-state index contributed by atoms with van der Waals surface area (Å²) in [7, 11) is 0. The monoisotopic (exact) mass is 278 g/mol. The van der Waals surface area contributed by atoms with Crippen molar-refractivity contribution in [1.29, 1.82) is 0 Å². The van der Waals surface area contributed by atoms with Crippen LogP contribution in [0.5, 0.6) is 11.5 Å². The van der Waals surface area contributed by atoms with Crippen LogP contribution in [0.25, 0.3) is 0 Å². The van der Waals surface area contributed by atoms with E-state index in [1.807, 2.05) is 36.9 Å². The zero-order chi connectivity index (χ0) is 14.5. The highest BCUT2D eigenvalue weighted by Crippen LogP contribution is 2.32. The highest BCUT2D eigenvalue weighted by Gasteiger charge is 2.17. The Labute approximate surface area is 119 Å². The third-order valence-corrected chi connectivity index (χ3v) is 3.51. The molecule has 0 aliphatic carbocycles. The Hall–Kier alpha value is -1.75. The lowest BCUT2D eigenvalue weighted by Crippen LogP contribution is -2.35. The van der Waals surface area contributed by atoms with Crippen molar-refractivity contribution in [2.75, 3.05) is 13.3 Å². The highest BCUT2D eigenvalue weighted by molar-refractivity contribution is 5.76. The van der Waals surface area contributed by atoms with Gasteiger partial charge < -0.3 is 20.1 Å². The van der Waals surface area contributed by atoms with Crippen LogP contribution < -0.4 is 15.2 Å². The molecule has 0 fully saturated rings. The number of fused-ring (bicyclic) bond motifs is 1. The molecule has 1 unspecified atom stereocenters. The topological polar surface area (TPSA) is 64.8 Å². The Balaban J connectivity index is 2.01. The van der Waals surface area contributed by atoms with E-state index < -0.39 is 0 Å². The molecule has 2 rings (SSSR count). The Morgan fingerprint density at radius 3 is 2.80 bits per heavy atom. The van der Waals surface area contributed by atoms with Gasteiger partial charge in [-0.2, -0.15) is 0 Å². The van der Waals surface area contributed by atoms with Gasteiger partial charge >= 0.3 is 0 Å². The van der Waals surface area contributed by atoms with Crippen molar-refractivity contribution >= 4 is 5.91 Å². The van der Waals surface area contributed by atoms with Crippen molar-refractivity contribution in [1.82, 2.24) is 4.90 Å². The van der Waals surface area contributed by atoms with Crippen molar-refractivity contribution < 1.29 is 14.3 Å². The fourth-order valence-corrected chi connectivity index (χ4v) is 2.13. The number of nitrogens with zero attached hydrogens (tertiary/aromatic N) is 1.